The lowest BCUT2D eigenvalue weighted by molar-refractivity contribution is 0.0707. The van der Waals surface area contributed by atoms with Crippen molar-refractivity contribution in [2.24, 2.45) is 0 Å². The third kappa shape index (κ3) is 2.48. The number of benzene rings is 1. The number of nitrogens with one attached hydrogen (secondary N) is 1. The van der Waals surface area contributed by atoms with Gasteiger partial charge in [-0.15, -0.1) is 0 Å². The molecule has 1 amide bonds. The first-order valence-electron chi connectivity index (χ1n) is 6.37. The molecule has 0 spiro atoms. The van der Waals surface area contributed by atoms with Crippen LogP contribution in [0.2, 0.25) is 0 Å². The summed E-state index contributed by atoms with van der Waals surface area (Å²) in [4.78, 5) is 14.2. The first kappa shape index (κ1) is 12.9. The minimum atomic E-state index is -0.0166. The summed E-state index contributed by atoms with van der Waals surface area (Å²) in [6.45, 7) is 3.65. The molecule has 1 aliphatic rings. The van der Waals surface area contributed by atoms with Crippen LogP contribution in [-0.2, 0) is 0 Å². The van der Waals surface area contributed by atoms with Crippen molar-refractivity contribution in [2.45, 2.75) is 25.8 Å². The molecule has 4 nitrogen and oxygen atoms in total. The van der Waals surface area contributed by atoms with Crippen molar-refractivity contribution in [3.63, 3.8) is 0 Å². The molecule has 0 saturated carbocycles. The number of carbonyl (C=O) groups is 1. The van der Waals surface area contributed by atoms with Gasteiger partial charge in [-0.05, 0) is 38.4 Å². The van der Waals surface area contributed by atoms with E-state index in [9.17, 15) is 9.90 Å². The van der Waals surface area contributed by atoms with E-state index in [1.54, 1.807) is 30.0 Å². The zero-order valence-corrected chi connectivity index (χ0v) is 10.9. The van der Waals surface area contributed by atoms with Gasteiger partial charge in [-0.2, -0.15) is 0 Å². The molecule has 1 aliphatic heterocycles. The molecule has 4 heteroatoms. The van der Waals surface area contributed by atoms with Crippen molar-refractivity contribution in [3.8, 4) is 5.75 Å². The summed E-state index contributed by atoms with van der Waals surface area (Å²) in [7, 11) is 1.84. The Hall–Kier alpha value is -1.55. The van der Waals surface area contributed by atoms with Gasteiger partial charge in [0.1, 0.15) is 5.75 Å². The molecule has 0 radical (unpaired) electrons. The normalized spacial score (nSPS) is 19.6. The van der Waals surface area contributed by atoms with Crippen LogP contribution in [0.1, 0.15) is 28.8 Å². The average molecular weight is 248 g/mol. The maximum Gasteiger partial charge on any atom is 0.254 e. The van der Waals surface area contributed by atoms with E-state index in [1.807, 2.05) is 7.05 Å². The van der Waals surface area contributed by atoms with Crippen molar-refractivity contribution in [1.82, 2.24) is 10.2 Å². The highest BCUT2D eigenvalue weighted by Crippen LogP contribution is 2.22. The van der Waals surface area contributed by atoms with Gasteiger partial charge in [-0.1, -0.05) is 6.07 Å². The molecule has 1 heterocycles. The van der Waals surface area contributed by atoms with Crippen LogP contribution in [0, 0.1) is 6.92 Å². The van der Waals surface area contributed by atoms with Gasteiger partial charge in [0.15, 0.2) is 0 Å². The molecule has 2 N–H and O–H groups in total. The number of amides is 1. The molecule has 98 valence electrons. The fourth-order valence-electron chi connectivity index (χ4n) is 2.37. The van der Waals surface area contributed by atoms with E-state index in [0.29, 0.717) is 11.1 Å². The number of phenolic OH excluding ortho intramolecular Hbond substituents is 1. The van der Waals surface area contributed by atoms with Crippen LogP contribution in [-0.4, -0.2) is 42.1 Å². The van der Waals surface area contributed by atoms with Gasteiger partial charge in [0.05, 0.1) is 0 Å². The molecule has 1 aromatic rings. The molecule has 1 aromatic carbocycles. The molecule has 0 bridgehead atoms. The topological polar surface area (TPSA) is 52.6 Å². The third-order valence-electron chi connectivity index (χ3n) is 3.67. The van der Waals surface area contributed by atoms with Crippen LogP contribution in [0.5, 0.6) is 5.75 Å². The molecule has 0 aliphatic carbocycles. The first-order valence-corrected chi connectivity index (χ1v) is 6.37. The van der Waals surface area contributed by atoms with Crippen LogP contribution in [0.15, 0.2) is 18.2 Å². The van der Waals surface area contributed by atoms with E-state index >= 15 is 0 Å². The summed E-state index contributed by atoms with van der Waals surface area (Å²) in [6.07, 6.45) is 2.13. The van der Waals surface area contributed by atoms with E-state index in [4.69, 9.17) is 0 Å². The quantitative estimate of drug-likeness (QED) is 0.834. The van der Waals surface area contributed by atoms with E-state index in [1.165, 1.54) is 0 Å². The lowest BCUT2D eigenvalue weighted by atomic mass is 10.0. The van der Waals surface area contributed by atoms with E-state index < -0.39 is 0 Å². The number of phenols is 1. The predicted molar refractivity (Wildman–Crippen MR) is 70.8 cm³/mol. The number of rotatable bonds is 2. The number of hydrogen-bond donors (Lipinski definition) is 2. The van der Waals surface area contributed by atoms with Crippen molar-refractivity contribution in [1.29, 1.82) is 0 Å². The minimum absolute atomic E-state index is 0.0166. The molecule has 1 atom stereocenters. The number of likely N-dealkylation sites (N-methyl/N-ethyl adjacent to an activating group) is 1. The molecule has 18 heavy (non-hydrogen) atoms. The van der Waals surface area contributed by atoms with E-state index in [0.717, 1.165) is 25.9 Å². The Bertz CT molecular complexity index is 439. The highest BCUT2D eigenvalue weighted by molar-refractivity contribution is 5.96. The van der Waals surface area contributed by atoms with Gasteiger partial charge in [0.25, 0.3) is 5.91 Å². The van der Waals surface area contributed by atoms with Crippen LogP contribution in [0.3, 0.4) is 0 Å². The fourth-order valence-corrected chi connectivity index (χ4v) is 2.37. The Balaban J connectivity index is 2.17. The number of nitrogens with zero attached hydrogens (tertiary/aromatic N) is 1. The third-order valence-corrected chi connectivity index (χ3v) is 3.67. The van der Waals surface area contributed by atoms with Crippen molar-refractivity contribution in [3.05, 3.63) is 29.3 Å². The van der Waals surface area contributed by atoms with Crippen molar-refractivity contribution in [2.75, 3.05) is 20.1 Å². The molecular weight excluding hydrogens is 228 g/mol. The van der Waals surface area contributed by atoms with Gasteiger partial charge >= 0.3 is 0 Å². The number of piperidine rings is 1. The second-order valence-corrected chi connectivity index (χ2v) is 4.87. The predicted octanol–water partition coefficient (Wildman–Crippen LogP) is 1.52. The van der Waals surface area contributed by atoms with Crippen LogP contribution >= 0.6 is 0 Å². The number of carbonyl (C=O) groups excluding carboxylic acids is 1. The monoisotopic (exact) mass is 248 g/mol. The summed E-state index contributed by atoms with van der Waals surface area (Å²) in [6, 6.07) is 5.33. The summed E-state index contributed by atoms with van der Waals surface area (Å²) >= 11 is 0. The fraction of sp³-hybridized carbons (Fsp3) is 0.500. The van der Waals surface area contributed by atoms with Gasteiger partial charge < -0.3 is 15.3 Å². The lowest BCUT2D eigenvalue weighted by Crippen LogP contribution is -2.46. The smallest absolute Gasteiger partial charge is 0.254 e. The van der Waals surface area contributed by atoms with Crippen LogP contribution < -0.4 is 5.32 Å². The first-order chi connectivity index (χ1) is 8.61. The SMILES string of the molecule is Cc1c(O)cccc1C(=O)N(C)C1CCCNC1. The maximum atomic E-state index is 12.4. The summed E-state index contributed by atoms with van der Waals surface area (Å²) in [5, 5.41) is 13.0. The minimum Gasteiger partial charge on any atom is -0.508 e. The summed E-state index contributed by atoms with van der Waals surface area (Å²) in [5.41, 5.74) is 1.24. The molecule has 1 saturated heterocycles. The Morgan fingerprint density at radius 3 is 2.94 bits per heavy atom. The standard InChI is InChI=1S/C14H20N2O2/c1-10-12(6-3-7-13(10)17)14(18)16(2)11-5-4-8-15-9-11/h3,6-7,11,15,17H,4-5,8-9H2,1-2H3. The summed E-state index contributed by atoms with van der Waals surface area (Å²) in [5.74, 6) is 0.160. The maximum absolute atomic E-state index is 12.4. The zero-order valence-electron chi connectivity index (χ0n) is 10.9. The molecule has 1 fully saturated rings. The van der Waals surface area contributed by atoms with Gasteiger partial charge in [0.2, 0.25) is 0 Å². The lowest BCUT2D eigenvalue weighted by Gasteiger charge is -2.32. The zero-order chi connectivity index (χ0) is 13.1. The highest BCUT2D eigenvalue weighted by atomic mass is 16.3. The van der Waals surface area contributed by atoms with E-state index in [2.05, 4.69) is 5.32 Å². The Morgan fingerprint density at radius 1 is 1.50 bits per heavy atom. The second-order valence-electron chi connectivity index (χ2n) is 4.87. The largest absolute Gasteiger partial charge is 0.508 e. The van der Waals surface area contributed by atoms with Crippen molar-refractivity contribution < 1.29 is 9.90 Å². The highest BCUT2D eigenvalue weighted by Gasteiger charge is 2.24. The van der Waals surface area contributed by atoms with Crippen LogP contribution in [0.25, 0.3) is 0 Å². The average Bonchev–Trinajstić information content (AvgIpc) is 2.41. The number of aromatic hydroxyl groups is 1. The van der Waals surface area contributed by atoms with Gasteiger partial charge in [-0.25, -0.2) is 0 Å². The molecule has 0 aromatic heterocycles. The Morgan fingerprint density at radius 2 is 2.28 bits per heavy atom. The molecule has 1 unspecified atom stereocenters. The Labute approximate surface area is 108 Å². The second kappa shape index (κ2) is 5.40. The number of hydrogen-bond acceptors (Lipinski definition) is 3. The van der Waals surface area contributed by atoms with Gasteiger partial charge in [0, 0.05) is 30.8 Å². The van der Waals surface area contributed by atoms with Crippen LogP contribution in [0.4, 0.5) is 0 Å². The van der Waals surface area contributed by atoms with Gasteiger partial charge in [-0.3, -0.25) is 4.79 Å². The summed E-state index contributed by atoms with van der Waals surface area (Å²) < 4.78 is 0. The molecular formula is C14H20N2O2. The molecule has 2 rings (SSSR count). The Kier molecular flexibility index (Phi) is 3.87. The van der Waals surface area contributed by atoms with E-state index in [-0.39, 0.29) is 17.7 Å². The van der Waals surface area contributed by atoms with Crippen molar-refractivity contribution >= 4 is 5.91 Å².